The normalized spacial score (nSPS) is 11.3. The third-order valence-electron chi connectivity index (χ3n) is 1.88. The highest BCUT2D eigenvalue weighted by atomic mass is 79.9. The molecule has 0 heterocycles. The van der Waals surface area contributed by atoms with Gasteiger partial charge in [-0.25, -0.2) is 0 Å². The Hall–Kier alpha value is -0.390. The Morgan fingerprint density at radius 2 is 2.06 bits per heavy atom. The minimum Gasteiger partial charge on any atom is -0.350 e. The summed E-state index contributed by atoms with van der Waals surface area (Å²) in [5.41, 5.74) is 5.98. The van der Waals surface area contributed by atoms with E-state index >= 15 is 0 Å². The summed E-state index contributed by atoms with van der Waals surface area (Å²) >= 11 is 6.67. The largest absolute Gasteiger partial charge is 0.350 e. The fraction of sp³-hybridized carbons (Fsp3) is 0.364. The van der Waals surface area contributed by atoms with Crippen LogP contribution >= 0.6 is 31.9 Å². The van der Waals surface area contributed by atoms with Gasteiger partial charge in [0.25, 0.3) is 5.91 Å². The number of benzene rings is 1. The zero-order chi connectivity index (χ0) is 12.3. The molecule has 0 saturated carbocycles. The number of amides is 1. The Labute approximate surface area is 112 Å². The molecule has 1 aromatic rings. The van der Waals surface area contributed by atoms with E-state index in [0.717, 1.165) is 8.95 Å². The van der Waals surface area contributed by atoms with Gasteiger partial charge in [0.05, 0.1) is 5.56 Å². The van der Waals surface area contributed by atoms with Crippen molar-refractivity contribution >= 4 is 37.8 Å². The number of carbonyl (C=O) groups is 1. The third-order valence-corrected chi connectivity index (χ3v) is 3.06. The van der Waals surface area contributed by atoms with Crippen LogP contribution in [0.4, 0.5) is 0 Å². The molecule has 3 N–H and O–H groups in total. The zero-order valence-electron chi connectivity index (χ0n) is 9.18. The van der Waals surface area contributed by atoms with Gasteiger partial charge in [-0.05, 0) is 48.0 Å². The molecule has 1 aromatic carbocycles. The van der Waals surface area contributed by atoms with Gasteiger partial charge in [0.15, 0.2) is 0 Å². The first-order valence-electron chi connectivity index (χ1n) is 4.82. The van der Waals surface area contributed by atoms with E-state index in [-0.39, 0.29) is 5.91 Å². The molecule has 88 valence electrons. The van der Waals surface area contributed by atoms with Crippen LogP contribution in [0.15, 0.2) is 27.1 Å². The predicted molar refractivity (Wildman–Crippen MR) is 72.4 cm³/mol. The number of rotatable bonds is 3. The van der Waals surface area contributed by atoms with Gasteiger partial charge < -0.3 is 11.1 Å². The molecular weight excluding hydrogens is 336 g/mol. The summed E-state index contributed by atoms with van der Waals surface area (Å²) in [7, 11) is 0. The third kappa shape index (κ3) is 4.23. The molecule has 5 heteroatoms. The summed E-state index contributed by atoms with van der Waals surface area (Å²) < 4.78 is 1.64. The highest BCUT2D eigenvalue weighted by molar-refractivity contribution is 9.11. The van der Waals surface area contributed by atoms with Gasteiger partial charge in [0, 0.05) is 21.0 Å². The minimum absolute atomic E-state index is 0.133. The predicted octanol–water partition coefficient (Wildman–Crippen LogP) is 2.68. The minimum atomic E-state index is -0.409. The summed E-state index contributed by atoms with van der Waals surface area (Å²) in [6.45, 7) is 4.16. The van der Waals surface area contributed by atoms with E-state index in [1.165, 1.54) is 0 Å². The molecule has 1 amide bonds. The molecular formula is C11H14Br2N2O. The van der Waals surface area contributed by atoms with Gasteiger partial charge in [-0.1, -0.05) is 15.9 Å². The molecule has 0 atom stereocenters. The van der Waals surface area contributed by atoms with E-state index < -0.39 is 5.54 Å². The molecule has 0 radical (unpaired) electrons. The molecule has 16 heavy (non-hydrogen) atoms. The van der Waals surface area contributed by atoms with Crippen molar-refractivity contribution in [1.82, 2.24) is 5.32 Å². The van der Waals surface area contributed by atoms with Crippen LogP contribution in [0.3, 0.4) is 0 Å². The van der Waals surface area contributed by atoms with E-state index in [9.17, 15) is 4.79 Å². The molecule has 0 spiro atoms. The second kappa shape index (κ2) is 5.29. The molecule has 0 aliphatic carbocycles. The van der Waals surface area contributed by atoms with E-state index in [0.29, 0.717) is 12.1 Å². The standard InChI is InChI=1S/C11H14Br2N2O/c1-11(2,14)6-15-10(16)8-5-7(12)3-4-9(8)13/h3-5H,6,14H2,1-2H3,(H,15,16). The molecule has 0 saturated heterocycles. The van der Waals surface area contributed by atoms with Gasteiger partial charge in [0.1, 0.15) is 0 Å². The second-order valence-electron chi connectivity index (χ2n) is 4.30. The maximum absolute atomic E-state index is 11.8. The lowest BCUT2D eigenvalue weighted by Gasteiger charge is -2.19. The topological polar surface area (TPSA) is 55.1 Å². The average Bonchev–Trinajstić information content (AvgIpc) is 2.17. The first kappa shape index (κ1) is 13.7. The first-order valence-corrected chi connectivity index (χ1v) is 6.40. The van der Waals surface area contributed by atoms with Crippen LogP contribution in [0.5, 0.6) is 0 Å². The number of carbonyl (C=O) groups excluding carboxylic acids is 1. The summed E-state index contributed by atoms with van der Waals surface area (Å²) in [4.78, 5) is 11.8. The van der Waals surface area contributed by atoms with Crippen molar-refractivity contribution in [3.05, 3.63) is 32.7 Å². The summed E-state index contributed by atoms with van der Waals surface area (Å²) in [5.74, 6) is -0.133. The Bertz CT molecular complexity index is 399. The Morgan fingerprint density at radius 1 is 1.44 bits per heavy atom. The molecule has 0 aliphatic rings. The van der Waals surface area contributed by atoms with Gasteiger partial charge in [-0.3, -0.25) is 4.79 Å². The molecule has 0 fully saturated rings. The van der Waals surface area contributed by atoms with Crippen LogP contribution in [0.2, 0.25) is 0 Å². The van der Waals surface area contributed by atoms with Gasteiger partial charge in [0.2, 0.25) is 0 Å². The van der Waals surface area contributed by atoms with Crippen molar-refractivity contribution in [3.8, 4) is 0 Å². The van der Waals surface area contributed by atoms with Crippen molar-refractivity contribution in [2.24, 2.45) is 5.73 Å². The fourth-order valence-corrected chi connectivity index (χ4v) is 1.86. The summed E-state index contributed by atoms with van der Waals surface area (Å²) in [5, 5.41) is 2.79. The lowest BCUT2D eigenvalue weighted by molar-refractivity contribution is 0.0945. The fourth-order valence-electron chi connectivity index (χ4n) is 1.07. The molecule has 1 rings (SSSR count). The summed E-state index contributed by atoms with van der Waals surface area (Å²) in [6.07, 6.45) is 0. The van der Waals surface area contributed by atoms with Crippen molar-refractivity contribution in [3.63, 3.8) is 0 Å². The van der Waals surface area contributed by atoms with Gasteiger partial charge in [-0.15, -0.1) is 0 Å². The quantitative estimate of drug-likeness (QED) is 0.881. The highest BCUT2D eigenvalue weighted by Crippen LogP contribution is 2.21. The molecule has 0 aromatic heterocycles. The molecule has 0 aliphatic heterocycles. The average molecular weight is 350 g/mol. The van der Waals surface area contributed by atoms with Crippen molar-refractivity contribution in [2.75, 3.05) is 6.54 Å². The number of nitrogens with one attached hydrogen (secondary N) is 1. The molecule has 0 unspecified atom stereocenters. The van der Waals surface area contributed by atoms with Crippen LogP contribution in [0.1, 0.15) is 24.2 Å². The smallest absolute Gasteiger partial charge is 0.252 e. The number of hydrogen-bond donors (Lipinski definition) is 2. The second-order valence-corrected chi connectivity index (χ2v) is 6.07. The Kier molecular flexibility index (Phi) is 4.52. The van der Waals surface area contributed by atoms with Gasteiger partial charge in [-0.2, -0.15) is 0 Å². The molecule has 3 nitrogen and oxygen atoms in total. The lowest BCUT2D eigenvalue weighted by Crippen LogP contribution is -2.45. The summed E-state index contributed by atoms with van der Waals surface area (Å²) in [6, 6.07) is 5.46. The maximum atomic E-state index is 11.8. The maximum Gasteiger partial charge on any atom is 0.252 e. The van der Waals surface area contributed by atoms with Crippen LogP contribution in [0.25, 0.3) is 0 Å². The zero-order valence-corrected chi connectivity index (χ0v) is 12.4. The van der Waals surface area contributed by atoms with E-state index in [1.54, 1.807) is 6.07 Å². The number of hydrogen-bond acceptors (Lipinski definition) is 2. The monoisotopic (exact) mass is 348 g/mol. The number of halogens is 2. The van der Waals surface area contributed by atoms with Crippen LogP contribution in [0, 0.1) is 0 Å². The highest BCUT2D eigenvalue weighted by Gasteiger charge is 2.15. The van der Waals surface area contributed by atoms with E-state index in [4.69, 9.17) is 5.73 Å². The van der Waals surface area contributed by atoms with Crippen molar-refractivity contribution < 1.29 is 4.79 Å². The number of nitrogens with two attached hydrogens (primary N) is 1. The SMILES string of the molecule is CC(C)(N)CNC(=O)c1cc(Br)ccc1Br. The van der Waals surface area contributed by atoms with Gasteiger partial charge >= 0.3 is 0 Å². The van der Waals surface area contributed by atoms with E-state index in [1.807, 2.05) is 26.0 Å². The Balaban J connectivity index is 2.77. The van der Waals surface area contributed by atoms with Crippen LogP contribution < -0.4 is 11.1 Å². The van der Waals surface area contributed by atoms with Crippen molar-refractivity contribution in [2.45, 2.75) is 19.4 Å². The van der Waals surface area contributed by atoms with Crippen LogP contribution in [-0.2, 0) is 0 Å². The van der Waals surface area contributed by atoms with E-state index in [2.05, 4.69) is 37.2 Å². The lowest BCUT2D eigenvalue weighted by atomic mass is 10.1. The Morgan fingerprint density at radius 3 is 2.62 bits per heavy atom. The van der Waals surface area contributed by atoms with Crippen molar-refractivity contribution in [1.29, 1.82) is 0 Å². The first-order chi connectivity index (χ1) is 7.29. The van der Waals surface area contributed by atoms with Crippen LogP contribution in [-0.4, -0.2) is 18.0 Å². The molecule has 0 bridgehead atoms.